The number of methoxy groups -OCH3 is 1. The molecule has 1 aliphatic heterocycles. The number of ether oxygens (including phenoxy) is 1. The molecule has 218 valence electrons. The molecule has 1 saturated heterocycles. The molecule has 0 spiro atoms. The molecule has 0 bridgehead atoms. The Morgan fingerprint density at radius 2 is 1.69 bits per heavy atom. The number of hydrogen-bond acceptors (Lipinski definition) is 7. The van der Waals surface area contributed by atoms with Gasteiger partial charge in [-0.1, -0.05) is 58.4 Å². The van der Waals surface area contributed by atoms with Crippen LogP contribution in [-0.2, 0) is 29.3 Å². The Kier molecular flexibility index (Phi) is 9.54. The third-order valence-corrected chi connectivity index (χ3v) is 9.38. The molecule has 0 radical (unpaired) electrons. The van der Waals surface area contributed by atoms with Gasteiger partial charge in [-0.2, -0.15) is 0 Å². The minimum atomic E-state index is -4.08. The van der Waals surface area contributed by atoms with Crippen LogP contribution in [0.4, 0.5) is 5.95 Å². The highest BCUT2D eigenvalue weighted by atomic mass is 79.9. The van der Waals surface area contributed by atoms with Gasteiger partial charge >= 0.3 is 0 Å². The van der Waals surface area contributed by atoms with Crippen molar-refractivity contribution < 1.29 is 17.9 Å². The molecule has 42 heavy (non-hydrogen) atoms. The molecule has 0 atom stereocenters. The zero-order chi connectivity index (χ0) is 29.5. The number of hydrogen-bond donors (Lipinski definition) is 1. The van der Waals surface area contributed by atoms with Crippen molar-refractivity contribution in [2.75, 3.05) is 25.1 Å². The summed E-state index contributed by atoms with van der Waals surface area (Å²) in [6.45, 7) is 1.63. The summed E-state index contributed by atoms with van der Waals surface area (Å²) in [6.07, 6.45) is 5.55. The van der Waals surface area contributed by atoms with Crippen molar-refractivity contribution in [1.82, 2.24) is 14.7 Å². The summed E-state index contributed by atoms with van der Waals surface area (Å²) >= 11 is 3.30. The van der Waals surface area contributed by atoms with E-state index in [4.69, 9.17) is 9.72 Å². The van der Waals surface area contributed by atoms with Crippen LogP contribution in [0.5, 0.6) is 5.75 Å². The second kappa shape index (κ2) is 13.5. The molecule has 1 fully saturated rings. The molecule has 5 rings (SSSR count). The summed E-state index contributed by atoms with van der Waals surface area (Å²) in [5.74, 6) is 1.13. The monoisotopic (exact) mass is 648 g/mol. The van der Waals surface area contributed by atoms with Crippen LogP contribution < -0.4 is 14.4 Å². The van der Waals surface area contributed by atoms with E-state index in [2.05, 4.69) is 54.8 Å². The van der Waals surface area contributed by atoms with Gasteiger partial charge in [0.25, 0.3) is 15.9 Å². The summed E-state index contributed by atoms with van der Waals surface area (Å²) in [5, 5.41) is 0. The first-order valence-electron chi connectivity index (χ1n) is 13.9. The summed E-state index contributed by atoms with van der Waals surface area (Å²) in [5.41, 5.74) is 3.00. The van der Waals surface area contributed by atoms with E-state index in [1.165, 1.54) is 23.9 Å². The minimum absolute atomic E-state index is 0.00658. The van der Waals surface area contributed by atoms with E-state index in [-0.39, 0.29) is 10.5 Å². The lowest BCUT2D eigenvalue weighted by Gasteiger charge is -2.32. The fourth-order valence-electron chi connectivity index (χ4n) is 5.16. The van der Waals surface area contributed by atoms with E-state index >= 15 is 0 Å². The van der Waals surface area contributed by atoms with Gasteiger partial charge in [-0.3, -0.25) is 4.79 Å². The zero-order valence-corrected chi connectivity index (χ0v) is 25.8. The quantitative estimate of drug-likeness (QED) is 0.238. The second-order valence-corrected chi connectivity index (χ2v) is 13.0. The lowest BCUT2D eigenvalue weighted by atomic mass is 9.90. The fraction of sp³-hybridized carbons (Fsp3) is 0.281. The van der Waals surface area contributed by atoms with E-state index < -0.39 is 15.9 Å². The normalized spacial score (nSPS) is 14.0. The largest absolute Gasteiger partial charge is 0.497 e. The van der Waals surface area contributed by atoms with Gasteiger partial charge in [-0.05, 0) is 85.5 Å². The maximum atomic E-state index is 13.3. The van der Waals surface area contributed by atoms with Crippen LogP contribution in [0.15, 0.2) is 94.4 Å². The first kappa shape index (κ1) is 29.7. The highest BCUT2D eigenvalue weighted by Gasteiger charge is 2.25. The van der Waals surface area contributed by atoms with Crippen LogP contribution in [0.25, 0.3) is 0 Å². The van der Waals surface area contributed by atoms with Crippen LogP contribution in [0.2, 0.25) is 0 Å². The van der Waals surface area contributed by atoms with Gasteiger partial charge in [0.1, 0.15) is 5.75 Å². The zero-order valence-electron chi connectivity index (χ0n) is 23.4. The van der Waals surface area contributed by atoms with E-state index in [0.717, 1.165) is 48.1 Å². The Labute approximate surface area is 255 Å². The standard InChI is InChI=1S/C32H33BrN4O4S/c1-41-27-9-5-8-24(21-27)10-15-30-29(31(38)36-42(39,40)28-13-11-26(33)12-14-28)22-34-32(35-30)37-18-16-25(17-19-37)20-23-6-3-2-4-7-23/h2-9,11-14,21-22,25H,10,15-20H2,1H3,(H,36,38). The predicted molar refractivity (Wildman–Crippen MR) is 166 cm³/mol. The maximum absolute atomic E-state index is 13.3. The lowest BCUT2D eigenvalue weighted by molar-refractivity contribution is 0.0979. The molecule has 0 aliphatic carbocycles. The molecule has 0 saturated carbocycles. The van der Waals surface area contributed by atoms with Gasteiger partial charge in [0, 0.05) is 23.8 Å². The number of sulfonamides is 1. The number of carbonyl (C=O) groups is 1. The van der Waals surface area contributed by atoms with Crippen LogP contribution in [-0.4, -0.2) is 44.5 Å². The molecule has 1 amide bonds. The lowest BCUT2D eigenvalue weighted by Crippen LogP contribution is -2.36. The summed E-state index contributed by atoms with van der Waals surface area (Å²) in [7, 11) is -2.46. The van der Waals surface area contributed by atoms with Gasteiger partial charge in [-0.25, -0.2) is 23.1 Å². The van der Waals surface area contributed by atoms with E-state index in [0.29, 0.717) is 30.4 Å². The predicted octanol–water partition coefficient (Wildman–Crippen LogP) is 5.61. The molecule has 0 unspecified atom stereocenters. The van der Waals surface area contributed by atoms with Gasteiger partial charge in [-0.15, -0.1) is 0 Å². The Bertz CT molecular complexity index is 1620. The van der Waals surface area contributed by atoms with Crippen LogP contribution in [0.3, 0.4) is 0 Å². The first-order chi connectivity index (χ1) is 20.3. The van der Waals surface area contributed by atoms with Crippen molar-refractivity contribution in [1.29, 1.82) is 0 Å². The van der Waals surface area contributed by atoms with Crippen molar-refractivity contribution in [2.24, 2.45) is 5.92 Å². The molecule has 1 N–H and O–H groups in total. The Balaban J connectivity index is 1.35. The molecule has 8 nitrogen and oxygen atoms in total. The Morgan fingerprint density at radius 1 is 0.976 bits per heavy atom. The molecular weight excluding hydrogens is 616 g/mol. The summed E-state index contributed by atoms with van der Waals surface area (Å²) < 4.78 is 34.2. The number of nitrogens with one attached hydrogen (secondary N) is 1. The molecule has 10 heteroatoms. The SMILES string of the molecule is COc1cccc(CCc2nc(N3CCC(Cc4ccccc4)CC3)ncc2C(=O)NS(=O)(=O)c2ccc(Br)cc2)c1. The average molecular weight is 650 g/mol. The smallest absolute Gasteiger partial charge is 0.268 e. The molecule has 1 aliphatic rings. The van der Waals surface area contributed by atoms with Crippen molar-refractivity contribution in [2.45, 2.75) is 37.0 Å². The molecule has 3 aromatic carbocycles. The number of benzene rings is 3. The number of rotatable bonds is 10. The van der Waals surface area contributed by atoms with Crippen LogP contribution in [0.1, 0.15) is 40.0 Å². The van der Waals surface area contributed by atoms with Crippen molar-refractivity contribution in [3.05, 3.63) is 112 Å². The van der Waals surface area contributed by atoms with E-state index in [1.807, 2.05) is 30.3 Å². The average Bonchev–Trinajstić information content (AvgIpc) is 3.01. The fourth-order valence-corrected chi connectivity index (χ4v) is 6.39. The minimum Gasteiger partial charge on any atom is -0.497 e. The van der Waals surface area contributed by atoms with Crippen LogP contribution in [0, 0.1) is 5.92 Å². The second-order valence-electron chi connectivity index (χ2n) is 10.4. The highest BCUT2D eigenvalue weighted by molar-refractivity contribution is 9.10. The Hall–Kier alpha value is -3.76. The van der Waals surface area contributed by atoms with Crippen molar-refractivity contribution in [3.63, 3.8) is 0 Å². The van der Waals surface area contributed by atoms with Crippen LogP contribution >= 0.6 is 15.9 Å². The number of carbonyl (C=O) groups excluding carboxylic acids is 1. The van der Waals surface area contributed by atoms with Gasteiger partial charge in [0.2, 0.25) is 5.95 Å². The molecule has 4 aromatic rings. The first-order valence-corrected chi connectivity index (χ1v) is 16.2. The topological polar surface area (TPSA) is 101 Å². The van der Waals surface area contributed by atoms with Gasteiger partial charge in [0.15, 0.2) is 0 Å². The Morgan fingerprint density at radius 3 is 2.40 bits per heavy atom. The maximum Gasteiger partial charge on any atom is 0.268 e. The van der Waals surface area contributed by atoms with Gasteiger partial charge < -0.3 is 9.64 Å². The molecule has 2 heterocycles. The van der Waals surface area contributed by atoms with Crippen molar-refractivity contribution in [3.8, 4) is 5.75 Å². The number of piperidine rings is 1. The number of anilines is 1. The number of amides is 1. The van der Waals surface area contributed by atoms with Gasteiger partial charge in [0.05, 0.1) is 23.3 Å². The molecule has 1 aromatic heterocycles. The van der Waals surface area contributed by atoms with Crippen molar-refractivity contribution >= 4 is 37.8 Å². The van der Waals surface area contributed by atoms with E-state index in [1.54, 1.807) is 19.2 Å². The van der Waals surface area contributed by atoms with E-state index in [9.17, 15) is 13.2 Å². The number of nitrogens with zero attached hydrogens (tertiary/aromatic N) is 3. The number of aryl methyl sites for hydroxylation is 2. The number of aromatic nitrogens is 2. The highest BCUT2D eigenvalue weighted by Crippen LogP contribution is 2.25. The third kappa shape index (κ3) is 7.54. The summed E-state index contributed by atoms with van der Waals surface area (Å²) in [4.78, 5) is 24.8. The molecular formula is C32H33BrN4O4S. The number of halogens is 1. The summed E-state index contributed by atoms with van der Waals surface area (Å²) in [6, 6.07) is 24.3. The third-order valence-electron chi connectivity index (χ3n) is 7.50.